The van der Waals surface area contributed by atoms with Crippen LogP contribution in [0.5, 0.6) is 0 Å². The van der Waals surface area contributed by atoms with Crippen LogP contribution in [-0.4, -0.2) is 41.9 Å². The average Bonchev–Trinajstić information content (AvgIpc) is 2.69. The number of carbonyl (C=O) groups is 3. The van der Waals surface area contributed by atoms with Crippen LogP contribution >= 0.6 is 0 Å². The lowest BCUT2D eigenvalue weighted by Crippen LogP contribution is -2.42. The fourth-order valence-corrected chi connectivity index (χ4v) is 2.91. The van der Waals surface area contributed by atoms with Crippen molar-refractivity contribution >= 4 is 34.8 Å². The molecule has 0 atom stereocenters. The number of carbonyl (C=O) groups excluding carboxylic acids is 3. The highest BCUT2D eigenvalue weighted by Crippen LogP contribution is 2.21. The van der Waals surface area contributed by atoms with Crippen LogP contribution in [0.3, 0.4) is 0 Å². The summed E-state index contributed by atoms with van der Waals surface area (Å²) in [7, 11) is 1.49. The van der Waals surface area contributed by atoms with Crippen LogP contribution in [0.25, 0.3) is 0 Å². The third-order valence-electron chi connectivity index (χ3n) is 4.38. The van der Waals surface area contributed by atoms with E-state index in [1.54, 1.807) is 6.07 Å². The molecule has 29 heavy (non-hydrogen) atoms. The number of nitrogens with one attached hydrogen (secondary N) is 1. The molecule has 3 rings (SSSR count). The Balaban J connectivity index is 1.67. The number of hydrazone groups is 1. The van der Waals surface area contributed by atoms with E-state index in [4.69, 9.17) is 0 Å². The molecule has 0 aliphatic carbocycles. The van der Waals surface area contributed by atoms with Crippen molar-refractivity contribution < 1.29 is 18.8 Å². The van der Waals surface area contributed by atoms with E-state index in [2.05, 4.69) is 10.4 Å². The summed E-state index contributed by atoms with van der Waals surface area (Å²) < 4.78 is 12.9. The standard InChI is InChI=1S/C21H21FN4O3/c1-14-4-3-5-17(12-14)26-20(28)11-10-18(24-26)21(29)25(2)13-19(27)23-16-8-6-15(22)7-9-16/h3-9,12H,10-11,13H2,1-2H3,(H,23,27). The molecule has 0 bridgehead atoms. The SMILES string of the molecule is Cc1cccc(N2N=C(C(=O)N(C)CC(=O)Nc3ccc(F)cc3)CCC2=O)c1. The molecule has 0 fully saturated rings. The van der Waals surface area contributed by atoms with Crippen molar-refractivity contribution in [3.05, 3.63) is 59.9 Å². The molecule has 3 amide bonds. The largest absolute Gasteiger partial charge is 0.331 e. The molecule has 1 heterocycles. The van der Waals surface area contributed by atoms with Crippen LogP contribution in [0.4, 0.5) is 15.8 Å². The third kappa shape index (κ3) is 5.04. The van der Waals surface area contributed by atoms with Gasteiger partial charge in [-0.15, -0.1) is 0 Å². The molecular weight excluding hydrogens is 375 g/mol. The van der Waals surface area contributed by atoms with E-state index in [-0.39, 0.29) is 31.0 Å². The molecule has 1 aliphatic heterocycles. The van der Waals surface area contributed by atoms with Gasteiger partial charge in [-0.2, -0.15) is 5.10 Å². The van der Waals surface area contributed by atoms with Crippen LogP contribution in [-0.2, 0) is 14.4 Å². The summed E-state index contributed by atoms with van der Waals surface area (Å²) in [5, 5.41) is 8.07. The van der Waals surface area contributed by atoms with Gasteiger partial charge in [-0.05, 0) is 48.9 Å². The van der Waals surface area contributed by atoms with Crippen molar-refractivity contribution in [2.24, 2.45) is 5.10 Å². The Morgan fingerprint density at radius 2 is 1.90 bits per heavy atom. The van der Waals surface area contributed by atoms with E-state index >= 15 is 0 Å². The zero-order valence-electron chi connectivity index (χ0n) is 16.2. The Morgan fingerprint density at radius 1 is 1.17 bits per heavy atom. The molecule has 2 aromatic rings. The summed E-state index contributed by atoms with van der Waals surface area (Å²) in [5.74, 6) is -1.44. The lowest BCUT2D eigenvalue weighted by Gasteiger charge is -2.25. The summed E-state index contributed by atoms with van der Waals surface area (Å²) in [6, 6.07) is 12.6. The maximum atomic E-state index is 12.9. The minimum Gasteiger partial charge on any atom is -0.331 e. The Morgan fingerprint density at radius 3 is 2.59 bits per heavy atom. The fraction of sp³-hybridized carbons (Fsp3) is 0.238. The molecule has 7 nitrogen and oxygen atoms in total. The van der Waals surface area contributed by atoms with Gasteiger partial charge in [0.15, 0.2) is 0 Å². The number of hydrogen-bond acceptors (Lipinski definition) is 4. The van der Waals surface area contributed by atoms with E-state index in [0.717, 1.165) is 5.56 Å². The lowest BCUT2D eigenvalue weighted by atomic mass is 10.1. The molecule has 0 aromatic heterocycles. The van der Waals surface area contributed by atoms with E-state index in [9.17, 15) is 18.8 Å². The number of hydrogen-bond donors (Lipinski definition) is 1. The number of benzene rings is 2. The highest BCUT2D eigenvalue weighted by molar-refractivity contribution is 6.40. The van der Waals surface area contributed by atoms with E-state index in [1.165, 1.54) is 41.2 Å². The van der Waals surface area contributed by atoms with E-state index < -0.39 is 17.6 Å². The second-order valence-electron chi connectivity index (χ2n) is 6.81. The quantitative estimate of drug-likeness (QED) is 0.844. The Kier molecular flexibility index (Phi) is 6.01. The smallest absolute Gasteiger partial charge is 0.270 e. The van der Waals surface area contributed by atoms with Crippen molar-refractivity contribution in [2.75, 3.05) is 23.9 Å². The number of aryl methyl sites for hydroxylation is 1. The zero-order valence-corrected chi connectivity index (χ0v) is 16.2. The molecule has 1 aliphatic rings. The predicted molar refractivity (Wildman–Crippen MR) is 108 cm³/mol. The van der Waals surface area contributed by atoms with Gasteiger partial charge < -0.3 is 10.2 Å². The Labute approximate surface area is 167 Å². The maximum absolute atomic E-state index is 12.9. The molecule has 150 valence electrons. The van der Waals surface area contributed by atoms with Crippen molar-refractivity contribution in [3.63, 3.8) is 0 Å². The van der Waals surface area contributed by atoms with Crippen LogP contribution in [0.1, 0.15) is 18.4 Å². The predicted octanol–water partition coefficient (Wildman–Crippen LogP) is 2.71. The van der Waals surface area contributed by atoms with Gasteiger partial charge in [0.1, 0.15) is 11.5 Å². The van der Waals surface area contributed by atoms with E-state index in [1.807, 2.05) is 25.1 Å². The summed E-state index contributed by atoms with van der Waals surface area (Å²) in [5.41, 5.74) is 2.21. The number of nitrogens with zero attached hydrogens (tertiary/aromatic N) is 3. The summed E-state index contributed by atoms with van der Waals surface area (Å²) in [6.45, 7) is 1.70. The summed E-state index contributed by atoms with van der Waals surface area (Å²) >= 11 is 0. The molecule has 8 heteroatoms. The topological polar surface area (TPSA) is 82.1 Å². The molecule has 0 radical (unpaired) electrons. The second-order valence-corrected chi connectivity index (χ2v) is 6.81. The van der Waals surface area contributed by atoms with Gasteiger partial charge in [0.05, 0.1) is 12.2 Å². The minimum absolute atomic E-state index is 0.161. The molecule has 0 unspecified atom stereocenters. The fourth-order valence-electron chi connectivity index (χ4n) is 2.91. The minimum atomic E-state index is -0.426. The lowest BCUT2D eigenvalue weighted by molar-refractivity contribution is -0.128. The number of halogens is 1. The number of rotatable bonds is 5. The number of likely N-dealkylation sites (N-methyl/N-ethyl adjacent to an activating group) is 1. The Bertz CT molecular complexity index is 972. The van der Waals surface area contributed by atoms with Gasteiger partial charge in [-0.1, -0.05) is 12.1 Å². The maximum Gasteiger partial charge on any atom is 0.270 e. The summed E-state index contributed by atoms with van der Waals surface area (Å²) in [6.07, 6.45) is 0.373. The molecule has 1 N–H and O–H groups in total. The first-order chi connectivity index (χ1) is 13.8. The third-order valence-corrected chi connectivity index (χ3v) is 4.38. The monoisotopic (exact) mass is 396 g/mol. The van der Waals surface area contributed by atoms with Crippen LogP contribution < -0.4 is 10.3 Å². The van der Waals surface area contributed by atoms with Crippen molar-refractivity contribution in [1.29, 1.82) is 0 Å². The van der Waals surface area contributed by atoms with Crippen molar-refractivity contribution in [3.8, 4) is 0 Å². The van der Waals surface area contributed by atoms with Crippen LogP contribution in [0.15, 0.2) is 53.6 Å². The van der Waals surface area contributed by atoms with Crippen LogP contribution in [0, 0.1) is 12.7 Å². The second kappa shape index (κ2) is 8.64. The molecular formula is C21H21FN4O3. The normalized spacial score (nSPS) is 13.7. The number of anilines is 2. The molecule has 0 saturated carbocycles. The van der Waals surface area contributed by atoms with Gasteiger partial charge >= 0.3 is 0 Å². The van der Waals surface area contributed by atoms with Gasteiger partial charge in [0.2, 0.25) is 11.8 Å². The first-order valence-electron chi connectivity index (χ1n) is 9.11. The van der Waals surface area contributed by atoms with Gasteiger partial charge in [-0.3, -0.25) is 14.4 Å². The first-order valence-corrected chi connectivity index (χ1v) is 9.11. The highest BCUT2D eigenvalue weighted by Gasteiger charge is 2.28. The van der Waals surface area contributed by atoms with Gasteiger partial charge in [0, 0.05) is 25.6 Å². The van der Waals surface area contributed by atoms with Gasteiger partial charge in [0.25, 0.3) is 5.91 Å². The van der Waals surface area contributed by atoms with Crippen molar-refractivity contribution in [1.82, 2.24) is 4.90 Å². The van der Waals surface area contributed by atoms with E-state index in [0.29, 0.717) is 11.4 Å². The highest BCUT2D eigenvalue weighted by atomic mass is 19.1. The first kappa shape index (κ1) is 20.2. The Hall–Kier alpha value is -3.55. The molecule has 0 saturated heterocycles. The zero-order chi connectivity index (χ0) is 21.0. The average molecular weight is 396 g/mol. The summed E-state index contributed by atoms with van der Waals surface area (Å²) in [4.78, 5) is 38.4. The van der Waals surface area contributed by atoms with Crippen LogP contribution in [0.2, 0.25) is 0 Å². The number of amides is 3. The molecule has 0 spiro atoms. The van der Waals surface area contributed by atoms with Gasteiger partial charge in [-0.25, -0.2) is 9.40 Å². The molecule has 2 aromatic carbocycles. The van der Waals surface area contributed by atoms with Crippen molar-refractivity contribution in [2.45, 2.75) is 19.8 Å².